The number of aromatic amines is 1. The summed E-state index contributed by atoms with van der Waals surface area (Å²) in [5, 5.41) is 8.63. The SMILES string of the molecule is CC(=O)N[C@@H](C)Cc1c(-c2nc(C)nn2-c2ccccn2)[nH]c2ccccc12. The molecule has 1 amide bonds. The van der Waals surface area contributed by atoms with Gasteiger partial charge in [-0.15, -0.1) is 5.10 Å². The van der Waals surface area contributed by atoms with E-state index in [-0.39, 0.29) is 11.9 Å². The van der Waals surface area contributed by atoms with E-state index in [9.17, 15) is 4.79 Å². The summed E-state index contributed by atoms with van der Waals surface area (Å²) in [5.41, 5.74) is 3.02. The molecular weight excluding hydrogens is 352 g/mol. The van der Waals surface area contributed by atoms with Crippen molar-refractivity contribution in [2.75, 3.05) is 0 Å². The number of hydrogen-bond donors (Lipinski definition) is 2. The van der Waals surface area contributed by atoms with Gasteiger partial charge in [-0.2, -0.15) is 4.68 Å². The molecule has 7 nitrogen and oxygen atoms in total. The zero-order valence-corrected chi connectivity index (χ0v) is 16.1. The van der Waals surface area contributed by atoms with Crippen LogP contribution in [-0.4, -0.2) is 36.7 Å². The molecule has 0 aliphatic heterocycles. The molecule has 0 radical (unpaired) electrons. The topological polar surface area (TPSA) is 88.5 Å². The third kappa shape index (κ3) is 3.38. The number of H-pyrrole nitrogens is 1. The number of para-hydroxylation sites is 1. The Balaban J connectivity index is 1.88. The van der Waals surface area contributed by atoms with Crippen molar-refractivity contribution in [1.29, 1.82) is 0 Å². The maximum absolute atomic E-state index is 11.5. The van der Waals surface area contributed by atoms with Crippen molar-refractivity contribution in [1.82, 2.24) is 30.0 Å². The molecule has 4 rings (SSSR count). The molecule has 28 heavy (non-hydrogen) atoms. The Morgan fingerprint density at radius 3 is 2.75 bits per heavy atom. The quantitative estimate of drug-likeness (QED) is 0.561. The van der Waals surface area contributed by atoms with Crippen LogP contribution in [-0.2, 0) is 11.2 Å². The van der Waals surface area contributed by atoms with E-state index < -0.39 is 0 Å². The number of aryl methyl sites for hydroxylation is 1. The Kier molecular flexibility index (Phi) is 4.65. The number of amides is 1. The summed E-state index contributed by atoms with van der Waals surface area (Å²) in [6.45, 7) is 5.40. The average molecular weight is 374 g/mol. The third-order valence-corrected chi connectivity index (χ3v) is 4.58. The Morgan fingerprint density at radius 1 is 1.21 bits per heavy atom. The van der Waals surface area contributed by atoms with Crippen molar-refractivity contribution >= 4 is 16.8 Å². The summed E-state index contributed by atoms with van der Waals surface area (Å²) in [6, 6.07) is 13.8. The number of pyridine rings is 1. The fourth-order valence-corrected chi connectivity index (χ4v) is 3.52. The number of nitrogens with zero attached hydrogens (tertiary/aromatic N) is 4. The minimum absolute atomic E-state index is 0.0113. The number of aromatic nitrogens is 5. The van der Waals surface area contributed by atoms with Gasteiger partial charge in [0.1, 0.15) is 5.82 Å². The molecule has 7 heteroatoms. The standard InChI is InChI=1S/C21H22N6O/c1-13(23-15(3)28)12-17-16-8-4-5-9-18(16)25-20(17)21-24-14(2)26-27(21)19-10-6-7-11-22-19/h4-11,13,25H,12H2,1-3H3,(H,23,28)/t13-/m0/s1. The van der Waals surface area contributed by atoms with Gasteiger partial charge in [-0.05, 0) is 44.0 Å². The molecule has 1 aromatic carbocycles. The van der Waals surface area contributed by atoms with E-state index >= 15 is 0 Å². The van der Waals surface area contributed by atoms with Crippen molar-refractivity contribution < 1.29 is 4.79 Å². The summed E-state index contributed by atoms with van der Waals surface area (Å²) < 4.78 is 1.76. The lowest BCUT2D eigenvalue weighted by atomic mass is 10.0. The number of carbonyl (C=O) groups is 1. The lowest BCUT2D eigenvalue weighted by molar-refractivity contribution is -0.119. The monoisotopic (exact) mass is 374 g/mol. The predicted molar refractivity (Wildman–Crippen MR) is 108 cm³/mol. The fraction of sp³-hybridized carbons (Fsp3) is 0.238. The smallest absolute Gasteiger partial charge is 0.217 e. The Hall–Kier alpha value is -3.48. The van der Waals surface area contributed by atoms with Gasteiger partial charge in [0, 0.05) is 30.1 Å². The molecule has 0 saturated heterocycles. The molecule has 3 heterocycles. The highest BCUT2D eigenvalue weighted by atomic mass is 16.1. The first-order chi connectivity index (χ1) is 13.5. The van der Waals surface area contributed by atoms with Crippen molar-refractivity contribution in [2.45, 2.75) is 33.2 Å². The second-order valence-corrected chi connectivity index (χ2v) is 6.91. The molecule has 0 aliphatic carbocycles. The first-order valence-electron chi connectivity index (χ1n) is 9.25. The zero-order chi connectivity index (χ0) is 19.7. The highest BCUT2D eigenvalue weighted by Crippen LogP contribution is 2.31. The van der Waals surface area contributed by atoms with Crippen LogP contribution in [0.15, 0.2) is 48.7 Å². The largest absolute Gasteiger partial charge is 0.354 e. The molecule has 0 aliphatic rings. The van der Waals surface area contributed by atoms with Gasteiger partial charge in [0.15, 0.2) is 11.6 Å². The first kappa shape index (κ1) is 17.9. The molecule has 2 N–H and O–H groups in total. The van der Waals surface area contributed by atoms with E-state index in [2.05, 4.69) is 31.4 Å². The molecular formula is C21H22N6O. The van der Waals surface area contributed by atoms with Crippen molar-refractivity contribution in [3.05, 3.63) is 60.0 Å². The van der Waals surface area contributed by atoms with Crippen LogP contribution in [0.2, 0.25) is 0 Å². The lowest BCUT2D eigenvalue weighted by Gasteiger charge is -2.13. The number of benzene rings is 1. The summed E-state index contributed by atoms with van der Waals surface area (Å²) in [5.74, 6) is 2.04. The van der Waals surface area contributed by atoms with Crippen molar-refractivity contribution in [3.63, 3.8) is 0 Å². The molecule has 142 valence electrons. The molecule has 0 fully saturated rings. The summed E-state index contributed by atoms with van der Waals surface area (Å²) in [6.07, 6.45) is 2.41. The number of carbonyl (C=O) groups excluding carboxylic acids is 1. The fourth-order valence-electron chi connectivity index (χ4n) is 3.52. The summed E-state index contributed by atoms with van der Waals surface area (Å²) in [4.78, 5) is 24.1. The van der Waals surface area contributed by atoms with E-state index in [1.54, 1.807) is 10.9 Å². The molecule has 4 aromatic rings. The second-order valence-electron chi connectivity index (χ2n) is 6.91. The minimum atomic E-state index is -0.0404. The van der Waals surface area contributed by atoms with Crippen LogP contribution in [0.1, 0.15) is 25.2 Å². The van der Waals surface area contributed by atoms with Crippen LogP contribution in [0.25, 0.3) is 28.2 Å². The number of fused-ring (bicyclic) bond motifs is 1. The molecule has 0 unspecified atom stereocenters. The van der Waals surface area contributed by atoms with Gasteiger partial charge >= 0.3 is 0 Å². The summed E-state index contributed by atoms with van der Waals surface area (Å²) >= 11 is 0. The second kappa shape index (κ2) is 7.26. The van der Waals surface area contributed by atoms with Crippen LogP contribution in [0.5, 0.6) is 0 Å². The van der Waals surface area contributed by atoms with Gasteiger partial charge in [0.25, 0.3) is 0 Å². The van der Waals surface area contributed by atoms with Crippen molar-refractivity contribution in [3.8, 4) is 17.3 Å². The van der Waals surface area contributed by atoms with Crippen LogP contribution >= 0.6 is 0 Å². The number of rotatable bonds is 5. The maximum atomic E-state index is 11.5. The molecule has 0 saturated carbocycles. The van der Waals surface area contributed by atoms with Gasteiger partial charge in [-0.1, -0.05) is 24.3 Å². The van der Waals surface area contributed by atoms with E-state index in [1.807, 2.05) is 50.2 Å². The highest BCUT2D eigenvalue weighted by Gasteiger charge is 2.21. The third-order valence-electron chi connectivity index (χ3n) is 4.58. The normalized spacial score (nSPS) is 12.2. The summed E-state index contributed by atoms with van der Waals surface area (Å²) in [7, 11) is 0. The van der Waals surface area contributed by atoms with Gasteiger partial charge in [0.2, 0.25) is 5.91 Å². The highest BCUT2D eigenvalue weighted by molar-refractivity contribution is 5.90. The zero-order valence-electron chi connectivity index (χ0n) is 16.1. The van der Waals surface area contributed by atoms with Crippen LogP contribution in [0.4, 0.5) is 0 Å². The van der Waals surface area contributed by atoms with Crippen molar-refractivity contribution in [2.24, 2.45) is 0 Å². The Labute approximate surface area is 162 Å². The van der Waals surface area contributed by atoms with E-state index in [1.165, 1.54) is 6.92 Å². The lowest BCUT2D eigenvalue weighted by Crippen LogP contribution is -2.32. The molecule has 1 atom stereocenters. The van der Waals surface area contributed by atoms with Gasteiger partial charge in [-0.25, -0.2) is 9.97 Å². The number of nitrogens with one attached hydrogen (secondary N) is 2. The minimum Gasteiger partial charge on any atom is -0.354 e. The average Bonchev–Trinajstić information content (AvgIpc) is 3.22. The van der Waals surface area contributed by atoms with E-state index in [0.717, 1.165) is 22.2 Å². The van der Waals surface area contributed by atoms with Crippen LogP contribution in [0.3, 0.4) is 0 Å². The van der Waals surface area contributed by atoms with E-state index in [4.69, 9.17) is 0 Å². The molecule has 3 aromatic heterocycles. The molecule has 0 spiro atoms. The Morgan fingerprint density at radius 2 is 2.00 bits per heavy atom. The van der Waals surface area contributed by atoms with Gasteiger partial charge < -0.3 is 10.3 Å². The maximum Gasteiger partial charge on any atom is 0.217 e. The van der Waals surface area contributed by atoms with Crippen LogP contribution < -0.4 is 5.32 Å². The predicted octanol–water partition coefficient (Wildman–Crippen LogP) is 3.19. The number of hydrogen-bond acceptors (Lipinski definition) is 4. The van der Waals surface area contributed by atoms with E-state index in [0.29, 0.717) is 23.9 Å². The first-order valence-corrected chi connectivity index (χ1v) is 9.25. The van der Waals surface area contributed by atoms with Gasteiger partial charge in [-0.3, -0.25) is 4.79 Å². The van der Waals surface area contributed by atoms with Crippen LogP contribution in [0, 0.1) is 6.92 Å². The van der Waals surface area contributed by atoms with Gasteiger partial charge in [0.05, 0.1) is 5.69 Å². The molecule has 0 bridgehead atoms. The Bertz CT molecular complexity index is 1130.